The van der Waals surface area contributed by atoms with E-state index in [9.17, 15) is 0 Å². The molecule has 0 amide bonds. The molecule has 1 unspecified atom stereocenters. The fourth-order valence-electron chi connectivity index (χ4n) is 2.70. The monoisotopic (exact) mass is 351 g/mol. The van der Waals surface area contributed by atoms with Gasteiger partial charge in [-0.3, -0.25) is 0 Å². The lowest BCUT2D eigenvalue weighted by molar-refractivity contribution is 0.836. The second kappa shape index (κ2) is 6.88. The number of hydrogen-bond donors (Lipinski definition) is 1. The van der Waals surface area contributed by atoms with Gasteiger partial charge in [0.15, 0.2) is 0 Å². The van der Waals surface area contributed by atoms with Gasteiger partial charge in [0.2, 0.25) is 0 Å². The fraction of sp³-hybridized carbons (Fsp3) is 0.412. The van der Waals surface area contributed by atoms with Crippen molar-refractivity contribution in [3.8, 4) is 0 Å². The van der Waals surface area contributed by atoms with Crippen molar-refractivity contribution in [2.24, 2.45) is 5.73 Å². The Balaban J connectivity index is 2.57. The van der Waals surface area contributed by atoms with E-state index in [4.69, 9.17) is 5.73 Å². The van der Waals surface area contributed by atoms with Crippen LogP contribution in [0.25, 0.3) is 0 Å². The largest absolute Gasteiger partial charge is 0.320 e. The number of hydrogen-bond acceptors (Lipinski definition) is 2. The van der Waals surface area contributed by atoms with Gasteiger partial charge in [-0.25, -0.2) is 0 Å². The van der Waals surface area contributed by atoms with Crippen molar-refractivity contribution in [2.45, 2.75) is 46.1 Å². The normalized spacial score (nSPS) is 12.7. The average Bonchev–Trinajstić information content (AvgIpc) is 2.91. The number of thiophene rings is 1. The lowest BCUT2D eigenvalue weighted by Crippen LogP contribution is -2.16. The van der Waals surface area contributed by atoms with Crippen LogP contribution in [0.1, 0.15) is 53.9 Å². The van der Waals surface area contributed by atoms with Gasteiger partial charge < -0.3 is 5.73 Å². The third-order valence-corrected chi connectivity index (χ3v) is 5.77. The van der Waals surface area contributed by atoms with Crippen LogP contribution >= 0.6 is 27.3 Å². The second-order valence-electron chi connectivity index (χ2n) is 5.00. The molecule has 0 bridgehead atoms. The Labute approximate surface area is 134 Å². The summed E-state index contributed by atoms with van der Waals surface area (Å²) >= 11 is 5.34. The Kier molecular flexibility index (Phi) is 5.42. The lowest BCUT2D eigenvalue weighted by Gasteiger charge is -2.21. The van der Waals surface area contributed by atoms with E-state index < -0.39 is 0 Å². The number of benzene rings is 1. The van der Waals surface area contributed by atoms with Crippen molar-refractivity contribution < 1.29 is 0 Å². The SMILES string of the molecule is CCc1cc(CC)c(C(N)c2sccc2Br)c(CC)c1. The van der Waals surface area contributed by atoms with Crippen molar-refractivity contribution >= 4 is 27.3 Å². The minimum absolute atomic E-state index is 0.0276. The molecule has 2 rings (SSSR count). The molecule has 0 radical (unpaired) electrons. The van der Waals surface area contributed by atoms with E-state index in [1.165, 1.54) is 27.1 Å². The molecule has 0 saturated heterocycles. The molecule has 2 aromatic rings. The maximum atomic E-state index is 6.59. The molecule has 20 heavy (non-hydrogen) atoms. The summed E-state index contributed by atoms with van der Waals surface area (Å²) in [4.78, 5) is 1.22. The van der Waals surface area contributed by atoms with Gasteiger partial charge in [-0.1, -0.05) is 32.9 Å². The molecule has 1 atom stereocenters. The van der Waals surface area contributed by atoms with E-state index in [0.29, 0.717) is 0 Å². The molecule has 1 aromatic carbocycles. The van der Waals surface area contributed by atoms with Crippen LogP contribution in [0.4, 0.5) is 0 Å². The Morgan fingerprint density at radius 1 is 1.10 bits per heavy atom. The van der Waals surface area contributed by atoms with Gasteiger partial charge in [0, 0.05) is 9.35 Å². The molecule has 108 valence electrons. The van der Waals surface area contributed by atoms with Crippen LogP contribution in [0.15, 0.2) is 28.1 Å². The molecule has 0 aliphatic rings. The van der Waals surface area contributed by atoms with Gasteiger partial charge in [0.05, 0.1) is 6.04 Å². The van der Waals surface area contributed by atoms with E-state index in [0.717, 1.165) is 23.7 Å². The van der Waals surface area contributed by atoms with Crippen molar-refractivity contribution in [1.82, 2.24) is 0 Å². The molecule has 0 saturated carbocycles. The number of halogens is 1. The maximum Gasteiger partial charge on any atom is 0.0662 e. The minimum atomic E-state index is -0.0276. The molecular formula is C17H22BrNS. The Hall–Kier alpha value is -0.640. The highest BCUT2D eigenvalue weighted by Gasteiger charge is 2.20. The van der Waals surface area contributed by atoms with Crippen LogP contribution in [-0.4, -0.2) is 0 Å². The fourth-order valence-corrected chi connectivity index (χ4v) is 4.33. The quantitative estimate of drug-likeness (QED) is 0.782. The third-order valence-electron chi connectivity index (χ3n) is 3.82. The number of nitrogens with two attached hydrogens (primary N) is 1. The molecule has 1 aromatic heterocycles. The first kappa shape index (κ1) is 15.7. The molecular weight excluding hydrogens is 330 g/mol. The zero-order chi connectivity index (χ0) is 14.7. The first-order valence-corrected chi connectivity index (χ1v) is 8.92. The summed E-state index contributed by atoms with van der Waals surface area (Å²) in [5.74, 6) is 0. The molecule has 1 heterocycles. The highest BCUT2D eigenvalue weighted by molar-refractivity contribution is 9.10. The van der Waals surface area contributed by atoms with Gasteiger partial charge in [-0.15, -0.1) is 11.3 Å². The van der Waals surface area contributed by atoms with Crippen LogP contribution in [-0.2, 0) is 19.3 Å². The zero-order valence-electron chi connectivity index (χ0n) is 12.4. The lowest BCUT2D eigenvalue weighted by atomic mass is 9.89. The van der Waals surface area contributed by atoms with E-state index >= 15 is 0 Å². The van der Waals surface area contributed by atoms with Crippen molar-refractivity contribution in [3.05, 3.63) is 55.2 Å². The first-order valence-electron chi connectivity index (χ1n) is 7.25. The van der Waals surface area contributed by atoms with Gasteiger partial charge in [-0.2, -0.15) is 0 Å². The van der Waals surface area contributed by atoms with Crippen LogP contribution in [0.2, 0.25) is 0 Å². The van der Waals surface area contributed by atoms with Crippen LogP contribution < -0.4 is 5.73 Å². The average molecular weight is 352 g/mol. The summed E-state index contributed by atoms with van der Waals surface area (Å²) in [6.45, 7) is 6.64. The number of rotatable bonds is 5. The summed E-state index contributed by atoms with van der Waals surface area (Å²) in [5, 5.41) is 2.09. The number of aryl methyl sites for hydroxylation is 3. The standard InChI is InChI=1S/C17H22BrNS/c1-4-11-9-12(5-2)15(13(6-3)10-11)16(19)17-14(18)7-8-20-17/h7-10,16H,4-6,19H2,1-3H3. The molecule has 2 N–H and O–H groups in total. The molecule has 0 aliphatic heterocycles. The summed E-state index contributed by atoms with van der Waals surface area (Å²) < 4.78 is 1.12. The molecule has 0 fully saturated rings. The highest BCUT2D eigenvalue weighted by Crippen LogP contribution is 2.35. The Morgan fingerprint density at radius 2 is 1.70 bits per heavy atom. The minimum Gasteiger partial charge on any atom is -0.320 e. The second-order valence-corrected chi connectivity index (χ2v) is 6.80. The first-order chi connectivity index (χ1) is 9.62. The van der Waals surface area contributed by atoms with Gasteiger partial charge >= 0.3 is 0 Å². The summed E-state index contributed by atoms with van der Waals surface area (Å²) in [7, 11) is 0. The Bertz CT molecular complexity index is 563. The molecule has 0 spiro atoms. The summed E-state index contributed by atoms with van der Waals surface area (Å²) in [5.41, 5.74) is 12.1. The summed E-state index contributed by atoms with van der Waals surface area (Å²) in [6, 6.07) is 6.71. The van der Waals surface area contributed by atoms with Gasteiger partial charge in [0.25, 0.3) is 0 Å². The van der Waals surface area contributed by atoms with Crippen LogP contribution in [0.3, 0.4) is 0 Å². The van der Waals surface area contributed by atoms with Crippen molar-refractivity contribution in [1.29, 1.82) is 0 Å². The Morgan fingerprint density at radius 3 is 2.10 bits per heavy atom. The van der Waals surface area contributed by atoms with Crippen LogP contribution in [0.5, 0.6) is 0 Å². The van der Waals surface area contributed by atoms with Crippen molar-refractivity contribution in [3.63, 3.8) is 0 Å². The van der Waals surface area contributed by atoms with E-state index in [2.05, 4.69) is 60.3 Å². The van der Waals surface area contributed by atoms with E-state index in [1.807, 2.05) is 0 Å². The molecule has 3 heteroatoms. The zero-order valence-corrected chi connectivity index (χ0v) is 14.8. The molecule has 0 aliphatic carbocycles. The van der Waals surface area contributed by atoms with Crippen LogP contribution in [0, 0.1) is 0 Å². The predicted molar refractivity (Wildman–Crippen MR) is 92.6 cm³/mol. The van der Waals surface area contributed by atoms with Crippen molar-refractivity contribution in [2.75, 3.05) is 0 Å². The topological polar surface area (TPSA) is 26.0 Å². The van der Waals surface area contributed by atoms with E-state index in [1.54, 1.807) is 11.3 Å². The predicted octanol–water partition coefficient (Wildman–Crippen LogP) is 5.25. The molecule has 1 nitrogen and oxygen atoms in total. The van der Waals surface area contributed by atoms with Gasteiger partial charge in [0.1, 0.15) is 0 Å². The maximum absolute atomic E-state index is 6.59. The van der Waals surface area contributed by atoms with E-state index in [-0.39, 0.29) is 6.04 Å². The highest BCUT2D eigenvalue weighted by atomic mass is 79.9. The third kappa shape index (κ3) is 3.00. The van der Waals surface area contributed by atoms with Gasteiger partial charge in [-0.05, 0) is 68.9 Å². The smallest absolute Gasteiger partial charge is 0.0662 e. The summed E-state index contributed by atoms with van der Waals surface area (Å²) in [6.07, 6.45) is 3.15.